The minimum absolute atomic E-state index is 0.792. The van der Waals surface area contributed by atoms with Crippen LogP contribution in [-0.4, -0.2) is 10.5 Å². The Labute approximate surface area is 71.5 Å². The van der Waals surface area contributed by atoms with Crippen LogP contribution in [0.5, 0.6) is 0 Å². The van der Waals surface area contributed by atoms with E-state index in [1.165, 1.54) is 12.8 Å². The molecule has 0 aromatic rings. The van der Waals surface area contributed by atoms with Gasteiger partial charge in [0.2, 0.25) is 0 Å². The first-order valence-corrected chi connectivity index (χ1v) is 4.81. The molecular weight excluding hydrogens is 225 g/mol. The Morgan fingerprint density at radius 1 is 1.56 bits per heavy atom. The molecule has 0 saturated heterocycles. The lowest BCUT2D eigenvalue weighted by molar-refractivity contribution is 0.521. The van der Waals surface area contributed by atoms with Gasteiger partial charge >= 0.3 is 0 Å². The lowest BCUT2D eigenvalue weighted by Crippen LogP contribution is -2.14. The van der Waals surface area contributed by atoms with Crippen molar-refractivity contribution in [2.75, 3.05) is 6.54 Å². The highest BCUT2D eigenvalue weighted by Crippen LogP contribution is 2.18. The van der Waals surface area contributed by atoms with E-state index in [1.54, 1.807) is 0 Å². The molecule has 56 valence electrons. The molecule has 0 aliphatic rings. The fraction of sp³-hybridized carbons (Fsp3) is 1.00. The third-order valence-corrected chi connectivity index (χ3v) is 3.74. The first-order chi connectivity index (χ1) is 4.22. The van der Waals surface area contributed by atoms with Crippen molar-refractivity contribution < 1.29 is 0 Å². The molecular formula is C7H16IN. The summed E-state index contributed by atoms with van der Waals surface area (Å²) < 4.78 is 0.811. The predicted molar refractivity (Wildman–Crippen MR) is 50.9 cm³/mol. The Bertz CT molecular complexity index is 65.9. The summed E-state index contributed by atoms with van der Waals surface area (Å²) in [6.07, 6.45) is 2.43. The molecule has 0 amide bonds. The van der Waals surface area contributed by atoms with Crippen molar-refractivity contribution in [2.24, 2.45) is 11.7 Å². The second-order valence-corrected chi connectivity index (χ2v) is 4.08. The summed E-state index contributed by atoms with van der Waals surface area (Å²) in [5, 5.41) is 0. The summed E-state index contributed by atoms with van der Waals surface area (Å²) in [5.74, 6) is 0.792. The summed E-state index contributed by atoms with van der Waals surface area (Å²) in [7, 11) is 0. The molecule has 0 aliphatic heterocycles. The Kier molecular flexibility index (Phi) is 5.89. The van der Waals surface area contributed by atoms with Crippen molar-refractivity contribution in [1.82, 2.24) is 0 Å². The van der Waals surface area contributed by atoms with Crippen LogP contribution >= 0.6 is 22.6 Å². The molecule has 0 radical (unpaired) electrons. The van der Waals surface area contributed by atoms with Crippen LogP contribution < -0.4 is 5.73 Å². The SMILES string of the molecule is CCC(I)[C@H](C)CCN. The van der Waals surface area contributed by atoms with Crippen molar-refractivity contribution in [3.63, 3.8) is 0 Å². The lowest BCUT2D eigenvalue weighted by atomic mass is 10.0. The van der Waals surface area contributed by atoms with E-state index in [0.717, 1.165) is 16.4 Å². The quantitative estimate of drug-likeness (QED) is 0.592. The fourth-order valence-electron chi connectivity index (χ4n) is 0.846. The Hall–Kier alpha value is 0.690. The van der Waals surface area contributed by atoms with Crippen LogP contribution in [0.4, 0.5) is 0 Å². The van der Waals surface area contributed by atoms with Gasteiger partial charge in [-0.15, -0.1) is 0 Å². The van der Waals surface area contributed by atoms with Crippen molar-refractivity contribution in [3.8, 4) is 0 Å². The molecule has 9 heavy (non-hydrogen) atoms. The zero-order chi connectivity index (χ0) is 7.28. The van der Waals surface area contributed by atoms with Crippen molar-refractivity contribution in [3.05, 3.63) is 0 Å². The molecule has 0 aromatic carbocycles. The number of hydrogen-bond donors (Lipinski definition) is 1. The van der Waals surface area contributed by atoms with E-state index in [9.17, 15) is 0 Å². The zero-order valence-corrected chi connectivity index (χ0v) is 8.39. The second kappa shape index (κ2) is 5.47. The summed E-state index contributed by atoms with van der Waals surface area (Å²) in [5.41, 5.74) is 5.42. The molecule has 0 aromatic heterocycles. The normalized spacial score (nSPS) is 17.3. The lowest BCUT2D eigenvalue weighted by Gasteiger charge is -2.14. The van der Waals surface area contributed by atoms with E-state index in [2.05, 4.69) is 36.4 Å². The maximum atomic E-state index is 5.42. The van der Waals surface area contributed by atoms with Crippen LogP contribution in [0, 0.1) is 5.92 Å². The van der Waals surface area contributed by atoms with Gasteiger partial charge in [0.05, 0.1) is 0 Å². The van der Waals surface area contributed by atoms with Gasteiger partial charge in [-0.3, -0.25) is 0 Å². The highest BCUT2D eigenvalue weighted by atomic mass is 127. The number of halogens is 1. The van der Waals surface area contributed by atoms with Crippen molar-refractivity contribution in [1.29, 1.82) is 0 Å². The van der Waals surface area contributed by atoms with Crippen LogP contribution in [0.25, 0.3) is 0 Å². The summed E-state index contributed by atoms with van der Waals surface area (Å²) in [6.45, 7) is 5.33. The van der Waals surface area contributed by atoms with Gasteiger partial charge in [0.1, 0.15) is 0 Å². The predicted octanol–water partition coefficient (Wildman–Crippen LogP) is 2.18. The van der Waals surface area contributed by atoms with Gasteiger partial charge in [-0.1, -0.05) is 36.4 Å². The summed E-state index contributed by atoms with van der Waals surface area (Å²) >= 11 is 2.50. The molecule has 0 spiro atoms. The van der Waals surface area contributed by atoms with Gasteiger partial charge in [0.15, 0.2) is 0 Å². The molecule has 0 aliphatic carbocycles. The van der Waals surface area contributed by atoms with Crippen LogP contribution in [0.3, 0.4) is 0 Å². The van der Waals surface area contributed by atoms with Gasteiger partial charge in [0, 0.05) is 3.92 Å². The molecule has 0 saturated carbocycles. The molecule has 2 atom stereocenters. The van der Waals surface area contributed by atoms with Gasteiger partial charge in [-0.05, 0) is 25.3 Å². The zero-order valence-electron chi connectivity index (χ0n) is 6.23. The van der Waals surface area contributed by atoms with Crippen LogP contribution in [0.1, 0.15) is 26.7 Å². The largest absolute Gasteiger partial charge is 0.330 e. The molecule has 0 bridgehead atoms. The number of hydrogen-bond acceptors (Lipinski definition) is 1. The number of nitrogens with two attached hydrogens (primary N) is 1. The minimum atomic E-state index is 0.792. The molecule has 2 heteroatoms. The molecule has 1 nitrogen and oxygen atoms in total. The maximum Gasteiger partial charge on any atom is 0.0133 e. The van der Waals surface area contributed by atoms with E-state index in [0.29, 0.717) is 0 Å². The van der Waals surface area contributed by atoms with Gasteiger partial charge < -0.3 is 5.73 Å². The number of rotatable bonds is 4. The standard InChI is InChI=1S/C7H16IN/c1-3-7(8)6(2)4-5-9/h6-7H,3-5,9H2,1-2H3/t6-,7?/m1/s1. The monoisotopic (exact) mass is 241 g/mol. The van der Waals surface area contributed by atoms with Gasteiger partial charge in [0.25, 0.3) is 0 Å². The maximum absolute atomic E-state index is 5.42. The Morgan fingerprint density at radius 2 is 2.11 bits per heavy atom. The van der Waals surface area contributed by atoms with Crippen molar-refractivity contribution in [2.45, 2.75) is 30.6 Å². The Morgan fingerprint density at radius 3 is 2.44 bits per heavy atom. The number of alkyl halides is 1. The average molecular weight is 241 g/mol. The van der Waals surface area contributed by atoms with E-state index in [-0.39, 0.29) is 0 Å². The van der Waals surface area contributed by atoms with Crippen LogP contribution in [0.2, 0.25) is 0 Å². The van der Waals surface area contributed by atoms with E-state index < -0.39 is 0 Å². The third-order valence-electron chi connectivity index (χ3n) is 1.63. The highest BCUT2D eigenvalue weighted by Gasteiger charge is 2.09. The smallest absolute Gasteiger partial charge is 0.0133 e. The fourth-order valence-corrected chi connectivity index (χ4v) is 1.21. The van der Waals surface area contributed by atoms with Crippen molar-refractivity contribution >= 4 is 22.6 Å². The first kappa shape index (κ1) is 9.69. The van der Waals surface area contributed by atoms with Gasteiger partial charge in [-0.2, -0.15) is 0 Å². The second-order valence-electron chi connectivity index (χ2n) is 2.48. The topological polar surface area (TPSA) is 26.0 Å². The van der Waals surface area contributed by atoms with Crippen LogP contribution in [0.15, 0.2) is 0 Å². The van der Waals surface area contributed by atoms with Gasteiger partial charge in [-0.25, -0.2) is 0 Å². The third kappa shape index (κ3) is 4.14. The highest BCUT2D eigenvalue weighted by molar-refractivity contribution is 14.1. The molecule has 1 unspecified atom stereocenters. The Balaban J connectivity index is 3.32. The van der Waals surface area contributed by atoms with E-state index >= 15 is 0 Å². The molecule has 0 fully saturated rings. The van der Waals surface area contributed by atoms with E-state index in [1.807, 2.05) is 0 Å². The molecule has 0 heterocycles. The molecule has 0 rings (SSSR count). The average Bonchev–Trinajstić information content (AvgIpc) is 1.87. The summed E-state index contributed by atoms with van der Waals surface area (Å²) in [4.78, 5) is 0. The van der Waals surface area contributed by atoms with Crippen LogP contribution in [-0.2, 0) is 0 Å². The first-order valence-electron chi connectivity index (χ1n) is 3.56. The summed E-state index contributed by atoms with van der Waals surface area (Å²) in [6, 6.07) is 0. The van der Waals surface area contributed by atoms with E-state index in [4.69, 9.17) is 5.73 Å². The minimum Gasteiger partial charge on any atom is -0.330 e. The molecule has 2 N–H and O–H groups in total.